The minimum Gasteiger partial charge on any atom is -0.395 e. The van der Waals surface area contributed by atoms with Crippen LogP contribution in [-0.2, 0) is 4.74 Å². The molecule has 2 aliphatic rings. The molecular formula is C17H34N2O2. The Labute approximate surface area is 130 Å². The Kier molecular flexibility index (Phi) is 6.93. The van der Waals surface area contributed by atoms with Gasteiger partial charge in [0, 0.05) is 39.3 Å². The van der Waals surface area contributed by atoms with E-state index in [1.807, 2.05) is 0 Å². The number of nitrogens with zero attached hydrogens (tertiary/aromatic N) is 1. The second kappa shape index (κ2) is 8.47. The van der Waals surface area contributed by atoms with E-state index < -0.39 is 0 Å². The summed E-state index contributed by atoms with van der Waals surface area (Å²) < 4.78 is 5.23. The predicted octanol–water partition coefficient (Wildman–Crippen LogP) is 1.88. The summed E-state index contributed by atoms with van der Waals surface area (Å²) in [6.45, 7) is 7.33. The van der Waals surface area contributed by atoms with E-state index in [0.29, 0.717) is 5.41 Å². The molecule has 0 aromatic heterocycles. The maximum atomic E-state index is 9.32. The zero-order chi connectivity index (χ0) is 15.1. The molecule has 2 fully saturated rings. The Morgan fingerprint density at radius 3 is 2.48 bits per heavy atom. The van der Waals surface area contributed by atoms with E-state index in [-0.39, 0.29) is 6.61 Å². The van der Waals surface area contributed by atoms with Gasteiger partial charge in [-0.25, -0.2) is 0 Å². The molecule has 21 heavy (non-hydrogen) atoms. The SMILES string of the molecule is COCCN(CCO)CC1(CNC2CC2)CCC(C)CC1. The maximum Gasteiger partial charge on any atom is 0.0589 e. The standard InChI is InChI=1S/C17H34N2O2/c1-15-5-7-17(8-6-15,13-18-16-3-4-16)14-19(9-11-20)10-12-21-2/h15-16,18,20H,3-14H2,1-2H3. The third-order valence-corrected chi connectivity index (χ3v) is 5.26. The molecule has 2 aliphatic carbocycles. The van der Waals surface area contributed by atoms with Gasteiger partial charge in [-0.15, -0.1) is 0 Å². The van der Waals surface area contributed by atoms with Crippen LogP contribution in [0.2, 0.25) is 0 Å². The molecule has 4 nitrogen and oxygen atoms in total. The first kappa shape index (κ1) is 17.2. The number of rotatable bonds is 10. The van der Waals surface area contributed by atoms with Gasteiger partial charge in [0.15, 0.2) is 0 Å². The first-order chi connectivity index (χ1) is 10.2. The highest BCUT2D eigenvalue weighted by molar-refractivity contribution is 4.92. The molecule has 0 saturated heterocycles. The molecule has 0 amide bonds. The molecule has 2 N–H and O–H groups in total. The van der Waals surface area contributed by atoms with Crippen molar-refractivity contribution < 1.29 is 9.84 Å². The van der Waals surface area contributed by atoms with Gasteiger partial charge in [-0.3, -0.25) is 4.90 Å². The van der Waals surface area contributed by atoms with Crippen LogP contribution in [0.1, 0.15) is 45.4 Å². The predicted molar refractivity (Wildman–Crippen MR) is 86.5 cm³/mol. The number of hydrogen-bond acceptors (Lipinski definition) is 4. The molecule has 0 heterocycles. The first-order valence-electron chi connectivity index (χ1n) is 8.73. The van der Waals surface area contributed by atoms with Crippen LogP contribution in [0.3, 0.4) is 0 Å². The molecular weight excluding hydrogens is 264 g/mol. The summed E-state index contributed by atoms with van der Waals surface area (Å²) in [5, 5.41) is 13.1. The molecule has 0 aliphatic heterocycles. The summed E-state index contributed by atoms with van der Waals surface area (Å²) >= 11 is 0. The van der Waals surface area contributed by atoms with Gasteiger partial charge in [-0.05, 0) is 37.0 Å². The van der Waals surface area contributed by atoms with Gasteiger partial charge >= 0.3 is 0 Å². The minimum atomic E-state index is 0.242. The van der Waals surface area contributed by atoms with Crippen molar-refractivity contribution in [1.82, 2.24) is 10.2 Å². The molecule has 4 heteroatoms. The third kappa shape index (κ3) is 5.85. The van der Waals surface area contributed by atoms with Crippen LogP contribution < -0.4 is 5.32 Å². The van der Waals surface area contributed by atoms with E-state index in [1.54, 1.807) is 7.11 Å². The van der Waals surface area contributed by atoms with Crippen LogP contribution in [0.4, 0.5) is 0 Å². The van der Waals surface area contributed by atoms with E-state index in [9.17, 15) is 5.11 Å². The van der Waals surface area contributed by atoms with Gasteiger partial charge in [-0.2, -0.15) is 0 Å². The summed E-state index contributed by atoms with van der Waals surface area (Å²) in [5.41, 5.74) is 0.401. The fourth-order valence-electron chi connectivity index (χ4n) is 3.52. The van der Waals surface area contributed by atoms with Crippen LogP contribution >= 0.6 is 0 Å². The zero-order valence-corrected chi connectivity index (χ0v) is 13.9. The van der Waals surface area contributed by atoms with Gasteiger partial charge in [0.25, 0.3) is 0 Å². The van der Waals surface area contributed by atoms with Crippen molar-refractivity contribution in [3.05, 3.63) is 0 Å². The zero-order valence-electron chi connectivity index (χ0n) is 13.9. The lowest BCUT2D eigenvalue weighted by atomic mass is 9.70. The second-order valence-corrected chi connectivity index (χ2v) is 7.33. The van der Waals surface area contributed by atoms with Gasteiger partial charge in [0.2, 0.25) is 0 Å². The van der Waals surface area contributed by atoms with Gasteiger partial charge in [-0.1, -0.05) is 19.8 Å². The van der Waals surface area contributed by atoms with E-state index >= 15 is 0 Å². The number of aliphatic hydroxyl groups is 1. The van der Waals surface area contributed by atoms with Crippen molar-refractivity contribution in [3.63, 3.8) is 0 Å². The summed E-state index contributed by atoms with van der Waals surface area (Å²) in [6.07, 6.45) is 8.06. The largest absolute Gasteiger partial charge is 0.395 e. The van der Waals surface area contributed by atoms with Crippen LogP contribution in [-0.4, -0.2) is 62.6 Å². The van der Waals surface area contributed by atoms with Gasteiger partial charge in [0.1, 0.15) is 0 Å². The van der Waals surface area contributed by atoms with Crippen molar-refractivity contribution in [3.8, 4) is 0 Å². The molecule has 0 spiro atoms. The summed E-state index contributed by atoms with van der Waals surface area (Å²) in [5.74, 6) is 0.879. The van der Waals surface area contributed by atoms with E-state index in [4.69, 9.17) is 4.74 Å². The number of aliphatic hydroxyl groups excluding tert-OH is 1. The average Bonchev–Trinajstić information content (AvgIpc) is 3.30. The maximum absolute atomic E-state index is 9.32. The molecule has 124 valence electrons. The lowest BCUT2D eigenvalue weighted by Gasteiger charge is -2.43. The normalized spacial score (nSPS) is 30.0. The topological polar surface area (TPSA) is 44.7 Å². The molecule has 0 unspecified atom stereocenters. The first-order valence-corrected chi connectivity index (χ1v) is 8.73. The molecule has 2 rings (SSSR count). The summed E-state index contributed by atoms with van der Waals surface area (Å²) in [4.78, 5) is 2.40. The average molecular weight is 298 g/mol. The quantitative estimate of drug-likeness (QED) is 0.646. The molecule has 0 atom stereocenters. The van der Waals surface area contributed by atoms with Crippen molar-refractivity contribution in [2.45, 2.75) is 51.5 Å². The number of nitrogens with one attached hydrogen (secondary N) is 1. The lowest BCUT2D eigenvalue weighted by Crippen LogP contribution is -2.48. The van der Waals surface area contributed by atoms with Crippen molar-refractivity contribution in [2.75, 3.05) is 46.5 Å². The summed E-state index contributed by atoms with van der Waals surface area (Å²) in [6, 6.07) is 0.784. The van der Waals surface area contributed by atoms with E-state index in [1.165, 1.54) is 38.5 Å². The number of ether oxygens (including phenoxy) is 1. The number of methoxy groups -OCH3 is 1. The molecule has 0 aromatic carbocycles. The smallest absolute Gasteiger partial charge is 0.0589 e. The highest BCUT2D eigenvalue weighted by atomic mass is 16.5. The Morgan fingerprint density at radius 1 is 1.19 bits per heavy atom. The minimum absolute atomic E-state index is 0.242. The third-order valence-electron chi connectivity index (χ3n) is 5.26. The highest BCUT2D eigenvalue weighted by Crippen LogP contribution is 2.39. The van der Waals surface area contributed by atoms with Crippen LogP contribution in [0.25, 0.3) is 0 Å². The van der Waals surface area contributed by atoms with E-state index in [2.05, 4.69) is 17.1 Å². The lowest BCUT2D eigenvalue weighted by molar-refractivity contribution is 0.0585. The van der Waals surface area contributed by atoms with Crippen molar-refractivity contribution >= 4 is 0 Å². The summed E-state index contributed by atoms with van der Waals surface area (Å²) in [7, 11) is 1.75. The molecule has 0 bridgehead atoms. The monoisotopic (exact) mass is 298 g/mol. The number of hydrogen-bond donors (Lipinski definition) is 2. The van der Waals surface area contributed by atoms with Crippen molar-refractivity contribution in [2.24, 2.45) is 11.3 Å². The fourth-order valence-corrected chi connectivity index (χ4v) is 3.52. The fraction of sp³-hybridized carbons (Fsp3) is 1.00. The molecule has 0 aromatic rings. The highest BCUT2D eigenvalue weighted by Gasteiger charge is 2.37. The van der Waals surface area contributed by atoms with Crippen molar-refractivity contribution in [1.29, 1.82) is 0 Å². The van der Waals surface area contributed by atoms with Crippen LogP contribution in [0, 0.1) is 11.3 Å². The Hall–Kier alpha value is -0.160. The Morgan fingerprint density at radius 2 is 1.90 bits per heavy atom. The molecule has 0 radical (unpaired) electrons. The van der Waals surface area contributed by atoms with Crippen LogP contribution in [0.15, 0.2) is 0 Å². The second-order valence-electron chi connectivity index (χ2n) is 7.33. The Balaban J connectivity index is 1.91. The van der Waals surface area contributed by atoms with Gasteiger partial charge in [0.05, 0.1) is 13.2 Å². The molecule has 2 saturated carbocycles. The Bertz CT molecular complexity index is 287. The van der Waals surface area contributed by atoms with Gasteiger partial charge < -0.3 is 15.2 Å². The van der Waals surface area contributed by atoms with Crippen LogP contribution in [0.5, 0.6) is 0 Å². The van der Waals surface area contributed by atoms with E-state index in [0.717, 1.165) is 44.7 Å².